The van der Waals surface area contributed by atoms with Crippen molar-refractivity contribution in [3.63, 3.8) is 0 Å². The minimum Gasteiger partial charge on any atom is -0.389 e. The Kier molecular flexibility index (Phi) is 3.39. The maximum atomic E-state index is 10.9. The van der Waals surface area contributed by atoms with Gasteiger partial charge in [0.25, 0.3) is 0 Å². The fourth-order valence-corrected chi connectivity index (χ4v) is 3.82. The van der Waals surface area contributed by atoms with Crippen molar-refractivity contribution < 1.29 is 19.3 Å². The standard InChI is InChI=1S/C14H24O4/c1-11-8-14(15,4-7-17-11)12-2-5-18-13(9-12)3-6-16-10-13/h11-12,15H,2-10H2,1H3. The summed E-state index contributed by atoms with van der Waals surface area (Å²) in [6.07, 6.45) is 4.57. The smallest absolute Gasteiger partial charge is 0.0940 e. The molecule has 3 saturated heterocycles. The van der Waals surface area contributed by atoms with Crippen LogP contribution in [0.3, 0.4) is 0 Å². The van der Waals surface area contributed by atoms with Crippen LogP contribution in [0.15, 0.2) is 0 Å². The summed E-state index contributed by atoms with van der Waals surface area (Å²) in [7, 11) is 0. The Labute approximate surface area is 109 Å². The topological polar surface area (TPSA) is 47.9 Å². The first-order chi connectivity index (χ1) is 8.62. The van der Waals surface area contributed by atoms with E-state index in [0.717, 1.165) is 45.3 Å². The molecule has 3 heterocycles. The Balaban J connectivity index is 1.71. The normalized spacial score (nSPS) is 49.7. The van der Waals surface area contributed by atoms with Crippen LogP contribution in [-0.4, -0.2) is 48.8 Å². The zero-order valence-corrected chi connectivity index (χ0v) is 11.2. The summed E-state index contributed by atoms with van der Waals surface area (Å²) in [5, 5.41) is 10.9. The molecule has 3 rings (SSSR count). The molecule has 3 fully saturated rings. The largest absolute Gasteiger partial charge is 0.389 e. The van der Waals surface area contributed by atoms with Gasteiger partial charge in [0.05, 0.1) is 23.9 Å². The van der Waals surface area contributed by atoms with Crippen LogP contribution in [0.25, 0.3) is 0 Å². The van der Waals surface area contributed by atoms with Crippen LogP contribution in [0.5, 0.6) is 0 Å². The average Bonchev–Trinajstić information content (AvgIpc) is 2.77. The molecule has 4 heteroatoms. The van der Waals surface area contributed by atoms with Gasteiger partial charge in [-0.25, -0.2) is 0 Å². The van der Waals surface area contributed by atoms with Gasteiger partial charge in [-0.2, -0.15) is 0 Å². The number of rotatable bonds is 1. The van der Waals surface area contributed by atoms with Gasteiger partial charge in [0.1, 0.15) is 0 Å². The highest BCUT2D eigenvalue weighted by Gasteiger charge is 2.48. The highest BCUT2D eigenvalue weighted by atomic mass is 16.6. The average molecular weight is 256 g/mol. The second-order valence-corrected chi connectivity index (χ2v) is 6.26. The van der Waals surface area contributed by atoms with Gasteiger partial charge >= 0.3 is 0 Å². The molecule has 4 unspecified atom stereocenters. The van der Waals surface area contributed by atoms with E-state index in [4.69, 9.17) is 14.2 Å². The summed E-state index contributed by atoms with van der Waals surface area (Å²) < 4.78 is 17.0. The second-order valence-electron chi connectivity index (χ2n) is 6.26. The van der Waals surface area contributed by atoms with Crippen LogP contribution in [0.1, 0.15) is 39.0 Å². The van der Waals surface area contributed by atoms with E-state index < -0.39 is 5.60 Å². The van der Waals surface area contributed by atoms with Crippen LogP contribution in [0, 0.1) is 5.92 Å². The maximum absolute atomic E-state index is 10.9. The van der Waals surface area contributed by atoms with E-state index in [-0.39, 0.29) is 11.7 Å². The Morgan fingerprint density at radius 3 is 2.72 bits per heavy atom. The first-order valence-electron chi connectivity index (χ1n) is 7.18. The fourth-order valence-electron chi connectivity index (χ4n) is 3.82. The first kappa shape index (κ1) is 12.9. The molecule has 0 aliphatic carbocycles. The number of aliphatic hydroxyl groups is 1. The SMILES string of the molecule is CC1CC(O)(C2CCOC3(CCOC3)C2)CCO1. The predicted octanol–water partition coefficient (Wildman–Crippen LogP) is 1.50. The molecule has 4 atom stereocenters. The molecule has 3 aliphatic rings. The minimum absolute atomic E-state index is 0.111. The summed E-state index contributed by atoms with van der Waals surface area (Å²) in [5.41, 5.74) is -0.669. The van der Waals surface area contributed by atoms with Crippen molar-refractivity contribution in [3.05, 3.63) is 0 Å². The molecular formula is C14H24O4. The quantitative estimate of drug-likeness (QED) is 0.772. The third-order valence-electron chi connectivity index (χ3n) is 4.90. The summed E-state index contributed by atoms with van der Waals surface area (Å²) >= 11 is 0. The molecule has 0 bridgehead atoms. The zero-order valence-electron chi connectivity index (χ0n) is 11.2. The molecule has 1 spiro atoms. The van der Waals surface area contributed by atoms with Crippen LogP contribution in [0.4, 0.5) is 0 Å². The molecule has 3 aliphatic heterocycles. The minimum atomic E-state index is -0.558. The lowest BCUT2D eigenvalue weighted by Crippen LogP contribution is -2.52. The third-order valence-corrected chi connectivity index (χ3v) is 4.90. The fraction of sp³-hybridized carbons (Fsp3) is 1.00. The van der Waals surface area contributed by atoms with Gasteiger partial charge in [0.15, 0.2) is 0 Å². The van der Waals surface area contributed by atoms with Crippen molar-refractivity contribution in [1.82, 2.24) is 0 Å². The van der Waals surface area contributed by atoms with Crippen molar-refractivity contribution >= 4 is 0 Å². The van der Waals surface area contributed by atoms with Crippen molar-refractivity contribution in [2.45, 2.75) is 56.3 Å². The van der Waals surface area contributed by atoms with E-state index in [2.05, 4.69) is 6.92 Å². The lowest BCUT2D eigenvalue weighted by atomic mass is 9.71. The van der Waals surface area contributed by atoms with Crippen LogP contribution in [-0.2, 0) is 14.2 Å². The molecule has 1 N–H and O–H groups in total. The van der Waals surface area contributed by atoms with Gasteiger partial charge in [-0.15, -0.1) is 0 Å². The second kappa shape index (κ2) is 4.75. The molecule has 0 aromatic heterocycles. The molecule has 18 heavy (non-hydrogen) atoms. The van der Waals surface area contributed by atoms with Gasteiger partial charge in [0.2, 0.25) is 0 Å². The third kappa shape index (κ3) is 2.31. The summed E-state index contributed by atoms with van der Waals surface area (Å²) in [6, 6.07) is 0. The van der Waals surface area contributed by atoms with E-state index in [1.807, 2.05) is 0 Å². The molecule has 0 amide bonds. The highest BCUT2D eigenvalue weighted by molar-refractivity contribution is 4.99. The lowest BCUT2D eigenvalue weighted by molar-refractivity contribution is -0.176. The van der Waals surface area contributed by atoms with Gasteiger partial charge in [-0.05, 0) is 32.1 Å². The van der Waals surface area contributed by atoms with E-state index in [0.29, 0.717) is 19.1 Å². The molecule has 0 aromatic rings. The Morgan fingerprint density at radius 1 is 1.11 bits per heavy atom. The number of hydrogen-bond acceptors (Lipinski definition) is 4. The summed E-state index contributed by atoms with van der Waals surface area (Å²) in [6.45, 7) is 4.98. The van der Waals surface area contributed by atoms with E-state index in [1.54, 1.807) is 0 Å². The number of ether oxygens (including phenoxy) is 3. The van der Waals surface area contributed by atoms with Crippen LogP contribution >= 0.6 is 0 Å². The highest BCUT2D eigenvalue weighted by Crippen LogP contribution is 2.44. The zero-order chi connectivity index (χ0) is 12.6. The van der Waals surface area contributed by atoms with Crippen molar-refractivity contribution in [2.24, 2.45) is 5.92 Å². The Morgan fingerprint density at radius 2 is 2.00 bits per heavy atom. The van der Waals surface area contributed by atoms with E-state index in [1.165, 1.54) is 0 Å². The summed E-state index contributed by atoms with van der Waals surface area (Å²) in [4.78, 5) is 0. The molecule has 0 saturated carbocycles. The van der Waals surface area contributed by atoms with Crippen molar-refractivity contribution in [3.8, 4) is 0 Å². The Bertz CT molecular complexity index is 300. The van der Waals surface area contributed by atoms with Crippen molar-refractivity contribution in [2.75, 3.05) is 26.4 Å². The van der Waals surface area contributed by atoms with Gasteiger partial charge in [-0.1, -0.05) is 0 Å². The van der Waals surface area contributed by atoms with Crippen molar-refractivity contribution in [1.29, 1.82) is 0 Å². The molecular weight excluding hydrogens is 232 g/mol. The van der Waals surface area contributed by atoms with E-state index >= 15 is 0 Å². The first-order valence-corrected chi connectivity index (χ1v) is 7.18. The van der Waals surface area contributed by atoms with Gasteiger partial charge < -0.3 is 19.3 Å². The monoisotopic (exact) mass is 256 g/mol. The molecule has 104 valence electrons. The van der Waals surface area contributed by atoms with E-state index in [9.17, 15) is 5.11 Å². The van der Waals surface area contributed by atoms with Gasteiger partial charge in [0, 0.05) is 32.7 Å². The van der Waals surface area contributed by atoms with Gasteiger partial charge in [-0.3, -0.25) is 0 Å². The summed E-state index contributed by atoms with van der Waals surface area (Å²) in [5.74, 6) is 0.333. The maximum Gasteiger partial charge on any atom is 0.0940 e. The molecule has 4 nitrogen and oxygen atoms in total. The Hall–Kier alpha value is -0.160. The van der Waals surface area contributed by atoms with Crippen LogP contribution in [0.2, 0.25) is 0 Å². The predicted molar refractivity (Wildman–Crippen MR) is 66.4 cm³/mol. The number of hydrogen-bond donors (Lipinski definition) is 1. The molecule has 0 aromatic carbocycles. The molecule has 0 radical (unpaired) electrons. The van der Waals surface area contributed by atoms with Crippen LogP contribution < -0.4 is 0 Å². The lowest BCUT2D eigenvalue weighted by Gasteiger charge is -2.47.